The van der Waals surface area contributed by atoms with Crippen LogP contribution in [0.15, 0.2) is 72.8 Å². The first-order chi connectivity index (χ1) is 12.6. The van der Waals surface area contributed by atoms with Crippen LogP contribution in [0.5, 0.6) is 0 Å². The molecular formula is C23H20FNO. The summed E-state index contributed by atoms with van der Waals surface area (Å²) in [6, 6.07) is 22.4. The maximum absolute atomic E-state index is 14.2. The van der Waals surface area contributed by atoms with Gasteiger partial charge < -0.3 is 4.90 Å². The number of carbonyl (C=O) groups is 1. The monoisotopic (exact) mass is 345 g/mol. The van der Waals surface area contributed by atoms with Crippen LogP contribution in [0, 0.1) is 12.7 Å². The van der Waals surface area contributed by atoms with Gasteiger partial charge in [-0.3, -0.25) is 4.79 Å². The SMILES string of the molecule is Cc1ccc([C@H]2c3ccccc3CCN2C(=O)c2ccccc2F)cc1. The lowest BCUT2D eigenvalue weighted by Crippen LogP contribution is -2.41. The maximum atomic E-state index is 14.2. The summed E-state index contributed by atoms with van der Waals surface area (Å²) in [4.78, 5) is 15.0. The Kier molecular flexibility index (Phi) is 4.29. The summed E-state index contributed by atoms with van der Waals surface area (Å²) < 4.78 is 14.2. The van der Waals surface area contributed by atoms with Crippen LogP contribution in [0.1, 0.15) is 38.7 Å². The van der Waals surface area contributed by atoms with E-state index in [4.69, 9.17) is 0 Å². The third-order valence-corrected chi connectivity index (χ3v) is 5.04. The molecular weight excluding hydrogens is 325 g/mol. The fourth-order valence-corrected chi connectivity index (χ4v) is 3.68. The van der Waals surface area contributed by atoms with Gasteiger partial charge in [0.1, 0.15) is 5.82 Å². The highest BCUT2D eigenvalue weighted by atomic mass is 19.1. The maximum Gasteiger partial charge on any atom is 0.257 e. The Balaban J connectivity index is 1.82. The van der Waals surface area contributed by atoms with Gasteiger partial charge >= 0.3 is 0 Å². The van der Waals surface area contributed by atoms with E-state index in [9.17, 15) is 9.18 Å². The van der Waals surface area contributed by atoms with E-state index in [1.54, 1.807) is 23.1 Å². The zero-order valence-corrected chi connectivity index (χ0v) is 14.7. The van der Waals surface area contributed by atoms with Gasteiger partial charge in [-0.15, -0.1) is 0 Å². The topological polar surface area (TPSA) is 20.3 Å². The Morgan fingerprint density at radius 1 is 0.962 bits per heavy atom. The molecule has 1 aliphatic heterocycles. The number of amides is 1. The summed E-state index contributed by atoms with van der Waals surface area (Å²) in [6.07, 6.45) is 0.777. The number of hydrogen-bond acceptors (Lipinski definition) is 1. The molecule has 0 N–H and O–H groups in total. The van der Waals surface area contributed by atoms with Crippen molar-refractivity contribution in [1.29, 1.82) is 0 Å². The molecule has 1 heterocycles. The molecule has 1 atom stereocenters. The number of hydrogen-bond donors (Lipinski definition) is 0. The molecule has 0 fully saturated rings. The Hall–Kier alpha value is -2.94. The number of fused-ring (bicyclic) bond motifs is 1. The summed E-state index contributed by atoms with van der Waals surface area (Å²) in [5.41, 5.74) is 4.71. The molecule has 1 aliphatic rings. The van der Waals surface area contributed by atoms with E-state index in [0.29, 0.717) is 6.54 Å². The van der Waals surface area contributed by atoms with Crippen molar-refractivity contribution in [3.8, 4) is 0 Å². The molecule has 2 nitrogen and oxygen atoms in total. The number of carbonyl (C=O) groups excluding carboxylic acids is 1. The highest BCUT2D eigenvalue weighted by molar-refractivity contribution is 5.95. The fourth-order valence-electron chi connectivity index (χ4n) is 3.68. The lowest BCUT2D eigenvalue weighted by atomic mass is 9.87. The van der Waals surface area contributed by atoms with E-state index >= 15 is 0 Å². The zero-order valence-electron chi connectivity index (χ0n) is 14.7. The fraction of sp³-hybridized carbons (Fsp3) is 0.174. The first kappa shape index (κ1) is 16.5. The number of rotatable bonds is 2. The largest absolute Gasteiger partial charge is 0.327 e. The quantitative estimate of drug-likeness (QED) is 0.645. The second-order valence-corrected chi connectivity index (χ2v) is 6.74. The minimum Gasteiger partial charge on any atom is -0.327 e. The van der Waals surface area contributed by atoms with Crippen molar-refractivity contribution in [1.82, 2.24) is 4.90 Å². The van der Waals surface area contributed by atoms with Crippen LogP contribution in [-0.4, -0.2) is 17.4 Å². The number of halogens is 1. The van der Waals surface area contributed by atoms with Crippen molar-refractivity contribution in [3.63, 3.8) is 0 Å². The van der Waals surface area contributed by atoms with E-state index in [-0.39, 0.29) is 17.5 Å². The van der Waals surface area contributed by atoms with Crippen molar-refractivity contribution in [2.24, 2.45) is 0 Å². The number of nitrogens with zero attached hydrogens (tertiary/aromatic N) is 1. The van der Waals surface area contributed by atoms with E-state index in [2.05, 4.69) is 36.4 Å². The average Bonchev–Trinajstić information content (AvgIpc) is 2.68. The van der Waals surface area contributed by atoms with Crippen molar-refractivity contribution in [2.45, 2.75) is 19.4 Å². The molecule has 130 valence electrons. The summed E-state index contributed by atoms with van der Waals surface area (Å²) in [5, 5.41) is 0. The molecule has 0 radical (unpaired) electrons. The average molecular weight is 345 g/mol. The Morgan fingerprint density at radius 3 is 2.42 bits per heavy atom. The van der Waals surface area contributed by atoms with Gasteiger partial charge in [0.15, 0.2) is 0 Å². The molecule has 0 aromatic heterocycles. The summed E-state index contributed by atoms with van der Waals surface area (Å²) in [7, 11) is 0. The Morgan fingerprint density at radius 2 is 1.65 bits per heavy atom. The van der Waals surface area contributed by atoms with Gasteiger partial charge in [-0.25, -0.2) is 4.39 Å². The third-order valence-electron chi connectivity index (χ3n) is 5.04. The van der Waals surface area contributed by atoms with Gasteiger partial charge in [-0.05, 0) is 42.2 Å². The van der Waals surface area contributed by atoms with Gasteiger partial charge in [-0.1, -0.05) is 66.2 Å². The van der Waals surface area contributed by atoms with Gasteiger partial charge in [0, 0.05) is 6.54 Å². The van der Waals surface area contributed by atoms with Crippen molar-refractivity contribution in [3.05, 3.63) is 106 Å². The Bertz CT molecular complexity index is 948. The van der Waals surface area contributed by atoms with Crippen molar-refractivity contribution < 1.29 is 9.18 Å². The van der Waals surface area contributed by atoms with Crippen LogP contribution >= 0.6 is 0 Å². The van der Waals surface area contributed by atoms with Crippen LogP contribution in [0.3, 0.4) is 0 Å². The van der Waals surface area contributed by atoms with Crippen LogP contribution in [0.2, 0.25) is 0 Å². The van der Waals surface area contributed by atoms with Gasteiger partial charge in [0.25, 0.3) is 5.91 Å². The van der Waals surface area contributed by atoms with Crippen molar-refractivity contribution >= 4 is 5.91 Å². The first-order valence-electron chi connectivity index (χ1n) is 8.85. The van der Waals surface area contributed by atoms with E-state index in [0.717, 1.165) is 17.5 Å². The van der Waals surface area contributed by atoms with Gasteiger partial charge in [0.05, 0.1) is 11.6 Å². The minimum atomic E-state index is -0.473. The molecule has 3 heteroatoms. The lowest BCUT2D eigenvalue weighted by molar-refractivity contribution is 0.0690. The highest BCUT2D eigenvalue weighted by Crippen LogP contribution is 2.36. The second-order valence-electron chi connectivity index (χ2n) is 6.74. The molecule has 0 saturated carbocycles. The first-order valence-corrected chi connectivity index (χ1v) is 8.85. The number of aryl methyl sites for hydroxylation is 1. The number of benzene rings is 3. The molecule has 0 bridgehead atoms. The predicted octanol–water partition coefficient (Wildman–Crippen LogP) is 4.92. The van der Waals surface area contributed by atoms with E-state index < -0.39 is 5.82 Å². The smallest absolute Gasteiger partial charge is 0.257 e. The molecule has 0 unspecified atom stereocenters. The van der Waals surface area contributed by atoms with Gasteiger partial charge in [-0.2, -0.15) is 0 Å². The Labute approximate surface area is 152 Å². The van der Waals surface area contributed by atoms with Crippen LogP contribution < -0.4 is 0 Å². The van der Waals surface area contributed by atoms with Crippen LogP contribution in [0.25, 0.3) is 0 Å². The molecule has 4 rings (SSSR count). The molecule has 0 saturated heterocycles. The van der Waals surface area contributed by atoms with Crippen LogP contribution in [-0.2, 0) is 6.42 Å². The predicted molar refractivity (Wildman–Crippen MR) is 101 cm³/mol. The summed E-state index contributed by atoms with van der Waals surface area (Å²) in [5.74, 6) is -0.734. The summed E-state index contributed by atoms with van der Waals surface area (Å²) >= 11 is 0. The molecule has 0 spiro atoms. The molecule has 3 aromatic rings. The van der Waals surface area contributed by atoms with E-state index in [1.165, 1.54) is 17.2 Å². The van der Waals surface area contributed by atoms with Gasteiger partial charge in [0.2, 0.25) is 0 Å². The normalized spacial score (nSPS) is 16.2. The second kappa shape index (κ2) is 6.75. The van der Waals surface area contributed by atoms with Crippen molar-refractivity contribution in [2.75, 3.05) is 6.54 Å². The van der Waals surface area contributed by atoms with Crippen LogP contribution in [0.4, 0.5) is 4.39 Å². The van der Waals surface area contributed by atoms with E-state index in [1.807, 2.05) is 19.1 Å². The standard InChI is InChI=1S/C23H20FNO/c1-16-10-12-18(13-11-16)22-19-7-3-2-6-17(19)14-15-25(22)23(26)20-8-4-5-9-21(20)24/h2-13,22H,14-15H2,1H3/t22-/m0/s1. The molecule has 3 aromatic carbocycles. The lowest BCUT2D eigenvalue weighted by Gasteiger charge is -2.38. The zero-order chi connectivity index (χ0) is 18.1. The summed E-state index contributed by atoms with van der Waals surface area (Å²) in [6.45, 7) is 2.61. The molecule has 26 heavy (non-hydrogen) atoms. The third kappa shape index (κ3) is 2.90. The highest BCUT2D eigenvalue weighted by Gasteiger charge is 2.33. The molecule has 1 amide bonds. The minimum absolute atomic E-state index is 0.129. The molecule has 0 aliphatic carbocycles.